The molecular formula is C19H23NO2. The number of rotatable bonds is 5. The average molecular weight is 297 g/mol. The minimum atomic E-state index is -0.0612. The van der Waals surface area contributed by atoms with E-state index in [1.807, 2.05) is 57.3 Å². The molecule has 3 heteroatoms. The molecule has 116 valence electrons. The van der Waals surface area contributed by atoms with E-state index in [0.717, 1.165) is 23.4 Å². The van der Waals surface area contributed by atoms with Gasteiger partial charge in [0.05, 0.1) is 7.11 Å². The number of aryl methyl sites for hydroxylation is 1. The Kier molecular flexibility index (Phi) is 5.21. The van der Waals surface area contributed by atoms with Crippen LogP contribution in [0.1, 0.15) is 18.1 Å². The van der Waals surface area contributed by atoms with Crippen molar-refractivity contribution in [3.8, 4) is 5.75 Å². The van der Waals surface area contributed by atoms with Gasteiger partial charge in [-0.15, -0.1) is 0 Å². The molecule has 1 atom stereocenters. The predicted octanol–water partition coefficient (Wildman–Crippen LogP) is 3.85. The molecule has 0 radical (unpaired) electrons. The first-order valence-corrected chi connectivity index (χ1v) is 7.49. The number of amides is 1. The third-order valence-electron chi connectivity index (χ3n) is 3.90. The highest BCUT2D eigenvalue weighted by atomic mass is 16.5. The van der Waals surface area contributed by atoms with Crippen LogP contribution in [0.2, 0.25) is 0 Å². The third kappa shape index (κ3) is 3.67. The van der Waals surface area contributed by atoms with E-state index in [0.29, 0.717) is 0 Å². The van der Waals surface area contributed by atoms with Crippen molar-refractivity contribution in [2.75, 3.05) is 19.1 Å². The first-order valence-electron chi connectivity index (χ1n) is 7.49. The number of hydrogen-bond donors (Lipinski definition) is 0. The molecule has 22 heavy (non-hydrogen) atoms. The zero-order valence-corrected chi connectivity index (χ0v) is 13.7. The average Bonchev–Trinajstić information content (AvgIpc) is 2.54. The van der Waals surface area contributed by atoms with Crippen LogP contribution in [0.4, 0.5) is 5.69 Å². The smallest absolute Gasteiger partial charge is 0.229 e. The molecule has 0 aliphatic heterocycles. The summed E-state index contributed by atoms with van der Waals surface area (Å²) in [5.74, 6) is 0.866. The molecule has 2 rings (SSSR count). The Morgan fingerprint density at radius 1 is 1.18 bits per heavy atom. The molecule has 1 amide bonds. The van der Waals surface area contributed by atoms with Crippen molar-refractivity contribution < 1.29 is 9.53 Å². The number of methoxy groups -OCH3 is 1. The minimum absolute atomic E-state index is 0.0612. The Balaban J connectivity index is 2.11. The molecule has 0 fully saturated rings. The second-order valence-corrected chi connectivity index (χ2v) is 5.64. The lowest BCUT2D eigenvalue weighted by Crippen LogP contribution is -2.33. The van der Waals surface area contributed by atoms with E-state index >= 15 is 0 Å². The van der Waals surface area contributed by atoms with Gasteiger partial charge in [-0.25, -0.2) is 0 Å². The molecule has 0 aliphatic rings. The number of anilines is 1. The van der Waals surface area contributed by atoms with Crippen LogP contribution in [0.5, 0.6) is 5.75 Å². The predicted molar refractivity (Wildman–Crippen MR) is 90.5 cm³/mol. The Labute approximate surface area is 132 Å². The minimum Gasteiger partial charge on any atom is -0.497 e. The quantitative estimate of drug-likeness (QED) is 0.839. The van der Waals surface area contributed by atoms with E-state index in [9.17, 15) is 4.79 Å². The van der Waals surface area contributed by atoms with Gasteiger partial charge in [0.1, 0.15) is 5.75 Å². The highest BCUT2D eigenvalue weighted by molar-refractivity contribution is 5.95. The molecular weight excluding hydrogens is 274 g/mol. The van der Waals surface area contributed by atoms with Gasteiger partial charge in [0.15, 0.2) is 0 Å². The van der Waals surface area contributed by atoms with Crippen LogP contribution >= 0.6 is 0 Å². The van der Waals surface area contributed by atoms with Crippen molar-refractivity contribution in [3.05, 3.63) is 59.7 Å². The Morgan fingerprint density at radius 2 is 1.86 bits per heavy atom. The van der Waals surface area contributed by atoms with E-state index in [-0.39, 0.29) is 11.8 Å². The fourth-order valence-electron chi connectivity index (χ4n) is 2.64. The zero-order valence-electron chi connectivity index (χ0n) is 13.7. The van der Waals surface area contributed by atoms with Crippen LogP contribution in [0.25, 0.3) is 0 Å². The lowest BCUT2D eigenvalue weighted by atomic mass is 9.99. The maximum Gasteiger partial charge on any atom is 0.229 e. The Bertz CT molecular complexity index is 637. The highest BCUT2D eigenvalue weighted by Crippen LogP contribution is 2.25. The molecule has 2 aromatic carbocycles. The maximum absolute atomic E-state index is 12.6. The van der Waals surface area contributed by atoms with Crippen LogP contribution in [0.3, 0.4) is 0 Å². The normalized spacial score (nSPS) is 11.8. The topological polar surface area (TPSA) is 29.5 Å². The van der Waals surface area contributed by atoms with E-state index in [4.69, 9.17) is 4.74 Å². The number of ether oxygens (including phenoxy) is 1. The van der Waals surface area contributed by atoms with Crippen molar-refractivity contribution in [2.45, 2.75) is 20.3 Å². The molecule has 0 bridgehead atoms. The van der Waals surface area contributed by atoms with Gasteiger partial charge in [-0.2, -0.15) is 0 Å². The lowest BCUT2D eigenvalue weighted by Gasteiger charge is -2.23. The van der Waals surface area contributed by atoms with E-state index < -0.39 is 0 Å². The number of hydrogen-bond acceptors (Lipinski definition) is 2. The molecule has 0 saturated heterocycles. The van der Waals surface area contributed by atoms with Crippen LogP contribution in [-0.2, 0) is 11.2 Å². The summed E-state index contributed by atoms with van der Waals surface area (Å²) in [6.07, 6.45) is 0.749. The molecule has 0 spiro atoms. The van der Waals surface area contributed by atoms with E-state index in [1.165, 1.54) is 5.56 Å². The summed E-state index contributed by atoms with van der Waals surface area (Å²) < 4.78 is 5.21. The van der Waals surface area contributed by atoms with Gasteiger partial charge in [0.2, 0.25) is 5.91 Å². The number of carbonyl (C=O) groups excluding carboxylic acids is 1. The van der Waals surface area contributed by atoms with Crippen molar-refractivity contribution in [2.24, 2.45) is 5.92 Å². The second-order valence-electron chi connectivity index (χ2n) is 5.64. The van der Waals surface area contributed by atoms with Gasteiger partial charge in [0, 0.05) is 18.7 Å². The summed E-state index contributed by atoms with van der Waals surface area (Å²) in [5, 5.41) is 0. The van der Waals surface area contributed by atoms with Crippen molar-refractivity contribution in [1.29, 1.82) is 0 Å². The molecule has 0 aromatic heterocycles. The summed E-state index contributed by atoms with van der Waals surface area (Å²) in [6, 6.07) is 15.9. The van der Waals surface area contributed by atoms with Gasteiger partial charge in [-0.3, -0.25) is 4.79 Å². The van der Waals surface area contributed by atoms with Crippen molar-refractivity contribution >= 4 is 11.6 Å². The van der Waals surface area contributed by atoms with E-state index in [2.05, 4.69) is 12.1 Å². The van der Waals surface area contributed by atoms with Crippen LogP contribution in [-0.4, -0.2) is 20.1 Å². The second kappa shape index (κ2) is 7.12. The number of nitrogens with zero attached hydrogens (tertiary/aromatic N) is 1. The van der Waals surface area contributed by atoms with Gasteiger partial charge >= 0.3 is 0 Å². The summed E-state index contributed by atoms with van der Waals surface area (Å²) in [5.41, 5.74) is 3.14. The fourth-order valence-corrected chi connectivity index (χ4v) is 2.64. The molecule has 3 nitrogen and oxygen atoms in total. The third-order valence-corrected chi connectivity index (χ3v) is 3.90. The number of carbonyl (C=O) groups is 1. The summed E-state index contributed by atoms with van der Waals surface area (Å²) in [6.45, 7) is 3.97. The summed E-state index contributed by atoms with van der Waals surface area (Å²) >= 11 is 0. The molecule has 0 saturated carbocycles. The Morgan fingerprint density at radius 3 is 2.45 bits per heavy atom. The fraction of sp³-hybridized carbons (Fsp3) is 0.316. The molecule has 0 heterocycles. The van der Waals surface area contributed by atoms with Gasteiger partial charge in [-0.05, 0) is 42.7 Å². The molecule has 0 N–H and O–H groups in total. The number of benzene rings is 2. The standard InChI is InChI=1S/C19H23NO2/c1-14-13-17(22-4)10-11-18(14)20(3)19(21)15(2)12-16-8-6-5-7-9-16/h5-11,13,15H,12H2,1-4H3/t15-/m0/s1. The van der Waals surface area contributed by atoms with Crippen molar-refractivity contribution in [1.82, 2.24) is 0 Å². The summed E-state index contributed by atoms with van der Waals surface area (Å²) in [7, 11) is 3.48. The van der Waals surface area contributed by atoms with Crippen LogP contribution < -0.4 is 9.64 Å². The first kappa shape index (κ1) is 16.1. The molecule has 2 aromatic rings. The van der Waals surface area contributed by atoms with E-state index in [1.54, 1.807) is 12.0 Å². The Hall–Kier alpha value is -2.29. The molecule has 0 unspecified atom stereocenters. The van der Waals surface area contributed by atoms with Gasteiger partial charge in [0.25, 0.3) is 0 Å². The monoisotopic (exact) mass is 297 g/mol. The van der Waals surface area contributed by atoms with Crippen molar-refractivity contribution in [3.63, 3.8) is 0 Å². The SMILES string of the molecule is COc1ccc(N(C)C(=O)[C@@H](C)Cc2ccccc2)c(C)c1. The van der Waals surface area contributed by atoms with Crippen LogP contribution in [0.15, 0.2) is 48.5 Å². The molecule has 0 aliphatic carbocycles. The highest BCUT2D eigenvalue weighted by Gasteiger charge is 2.20. The largest absolute Gasteiger partial charge is 0.497 e. The van der Waals surface area contributed by atoms with Crippen LogP contribution in [0, 0.1) is 12.8 Å². The van der Waals surface area contributed by atoms with Gasteiger partial charge in [-0.1, -0.05) is 37.3 Å². The maximum atomic E-state index is 12.6. The summed E-state index contributed by atoms with van der Waals surface area (Å²) in [4.78, 5) is 14.4. The first-order chi connectivity index (χ1) is 10.5. The van der Waals surface area contributed by atoms with Gasteiger partial charge < -0.3 is 9.64 Å². The zero-order chi connectivity index (χ0) is 16.1. The lowest BCUT2D eigenvalue weighted by molar-refractivity contribution is -0.121.